The molecule has 0 N–H and O–H groups in total. The summed E-state index contributed by atoms with van der Waals surface area (Å²) in [5, 5.41) is 0. The van der Waals surface area contributed by atoms with Crippen LogP contribution in [0.15, 0.2) is 0 Å². The summed E-state index contributed by atoms with van der Waals surface area (Å²) >= 11 is 0. The molecule has 0 bridgehead atoms. The lowest BCUT2D eigenvalue weighted by Gasteiger charge is -2.45. The van der Waals surface area contributed by atoms with Crippen molar-refractivity contribution >= 4 is 15.4 Å². The van der Waals surface area contributed by atoms with Gasteiger partial charge in [0.25, 0.3) is 0 Å². The van der Waals surface area contributed by atoms with Crippen LogP contribution in [-0.4, -0.2) is 45.1 Å². The Balaban J connectivity index is 2.01. The summed E-state index contributed by atoms with van der Waals surface area (Å²) in [4.78, 5) is 2.56. The molecule has 2 heterocycles. The molecule has 2 saturated heterocycles. The molecule has 1 unspecified atom stereocenters. The maximum atomic E-state index is 12.0. The predicted octanol–water partition coefficient (Wildman–Crippen LogP) is 1.99. The van der Waals surface area contributed by atoms with Gasteiger partial charge in [-0.2, -0.15) is 0 Å². The molecule has 0 aliphatic carbocycles. The van der Waals surface area contributed by atoms with Gasteiger partial charge in [0.05, 0.1) is 0 Å². The van der Waals surface area contributed by atoms with Crippen LogP contribution >= 0.6 is 0 Å². The first-order valence-electron chi connectivity index (χ1n) is 6.30. The Labute approximate surface area is 100 Å². The molecular weight excluding hydrogens is 218 g/mol. The van der Waals surface area contributed by atoms with Gasteiger partial charge in [-0.3, -0.25) is 9.11 Å². The summed E-state index contributed by atoms with van der Waals surface area (Å²) in [6, 6.07) is 0. The van der Waals surface area contributed by atoms with Gasteiger partial charge in [0.1, 0.15) is 0 Å². The SMILES string of the molecule is C=S1(=O)CCC2(CCN(C(C)(C)C)CC2)C1. The molecule has 2 nitrogen and oxygen atoms in total. The summed E-state index contributed by atoms with van der Waals surface area (Å²) in [5.41, 5.74) is 0.659. The van der Waals surface area contributed by atoms with E-state index in [9.17, 15) is 4.21 Å². The van der Waals surface area contributed by atoms with Crippen molar-refractivity contribution in [3.63, 3.8) is 0 Å². The van der Waals surface area contributed by atoms with Gasteiger partial charge < -0.3 is 0 Å². The Morgan fingerprint density at radius 1 is 1.19 bits per heavy atom. The fourth-order valence-corrected chi connectivity index (χ4v) is 5.65. The van der Waals surface area contributed by atoms with Crippen LogP contribution in [0.25, 0.3) is 0 Å². The summed E-state index contributed by atoms with van der Waals surface area (Å²) in [6.07, 6.45) is 3.58. The standard InChI is InChI=1S/C13H25NOS/c1-12(2,3)14-8-5-13(6-9-14)7-10-16(4,15)11-13/h4-11H2,1-3H3. The Kier molecular flexibility index (Phi) is 2.91. The van der Waals surface area contributed by atoms with E-state index in [1.165, 1.54) is 25.9 Å². The van der Waals surface area contributed by atoms with E-state index in [1.54, 1.807) is 0 Å². The molecule has 2 aliphatic rings. The fraction of sp³-hybridized carbons (Fsp3) is 0.923. The highest BCUT2D eigenvalue weighted by molar-refractivity contribution is 8.00. The third-order valence-corrected chi connectivity index (χ3v) is 6.43. The van der Waals surface area contributed by atoms with Crippen LogP contribution in [0.3, 0.4) is 0 Å². The van der Waals surface area contributed by atoms with Crippen LogP contribution in [0.5, 0.6) is 0 Å². The van der Waals surface area contributed by atoms with Crippen LogP contribution in [0.1, 0.15) is 40.0 Å². The number of nitrogens with zero attached hydrogens (tertiary/aromatic N) is 1. The van der Waals surface area contributed by atoms with Crippen molar-refractivity contribution < 1.29 is 4.21 Å². The van der Waals surface area contributed by atoms with Crippen LogP contribution in [0.2, 0.25) is 0 Å². The lowest BCUT2D eigenvalue weighted by atomic mass is 9.77. The van der Waals surface area contributed by atoms with Crippen LogP contribution in [0, 0.1) is 5.41 Å². The highest BCUT2D eigenvalue weighted by Gasteiger charge is 2.42. The zero-order valence-corrected chi connectivity index (χ0v) is 11.7. The first-order chi connectivity index (χ1) is 7.23. The Bertz CT molecular complexity index is 356. The predicted molar refractivity (Wildman–Crippen MR) is 72.6 cm³/mol. The summed E-state index contributed by atoms with van der Waals surface area (Å²) in [5.74, 6) is 5.65. The number of hydrogen-bond donors (Lipinski definition) is 0. The molecule has 0 aromatic heterocycles. The summed E-state index contributed by atoms with van der Waals surface area (Å²) < 4.78 is 12.0. The largest absolute Gasteiger partial charge is 0.298 e. The van der Waals surface area contributed by atoms with E-state index in [4.69, 9.17) is 0 Å². The van der Waals surface area contributed by atoms with Gasteiger partial charge in [0.2, 0.25) is 0 Å². The minimum atomic E-state index is -1.73. The van der Waals surface area contributed by atoms with Gasteiger partial charge >= 0.3 is 0 Å². The Morgan fingerprint density at radius 3 is 2.12 bits per heavy atom. The number of hydrogen-bond acceptors (Lipinski definition) is 2. The first kappa shape index (κ1) is 12.4. The van der Waals surface area contributed by atoms with Crippen molar-refractivity contribution in [1.82, 2.24) is 4.90 Å². The lowest BCUT2D eigenvalue weighted by molar-refractivity contribution is 0.0542. The Hall–Kier alpha value is -0.0200. The maximum Gasteiger partial charge on any atom is 0.0216 e. The van der Waals surface area contributed by atoms with E-state index in [1.807, 2.05) is 0 Å². The molecule has 1 spiro atoms. The highest BCUT2D eigenvalue weighted by Crippen LogP contribution is 2.42. The van der Waals surface area contributed by atoms with E-state index in [2.05, 4.69) is 31.5 Å². The van der Waals surface area contributed by atoms with Gasteiger partial charge in [0, 0.05) is 17.0 Å². The number of rotatable bonds is 0. The van der Waals surface area contributed by atoms with E-state index >= 15 is 0 Å². The molecule has 2 aliphatic heterocycles. The maximum absolute atomic E-state index is 12.0. The van der Waals surface area contributed by atoms with Crippen molar-refractivity contribution in [2.45, 2.75) is 45.6 Å². The molecule has 3 heteroatoms. The van der Waals surface area contributed by atoms with E-state index in [0.717, 1.165) is 17.9 Å². The second-order valence-electron chi connectivity index (χ2n) is 6.72. The summed E-state index contributed by atoms with van der Waals surface area (Å²) in [6.45, 7) is 9.18. The van der Waals surface area contributed by atoms with Crippen molar-refractivity contribution in [1.29, 1.82) is 0 Å². The second-order valence-corrected chi connectivity index (χ2v) is 9.35. The lowest BCUT2D eigenvalue weighted by Crippen LogP contribution is -2.49. The molecule has 16 heavy (non-hydrogen) atoms. The van der Waals surface area contributed by atoms with E-state index in [0.29, 0.717) is 5.41 Å². The van der Waals surface area contributed by atoms with Gasteiger partial charge in [0.15, 0.2) is 0 Å². The molecule has 2 rings (SSSR count). The third-order valence-electron chi connectivity index (χ3n) is 4.35. The van der Waals surface area contributed by atoms with Crippen LogP contribution in [-0.2, 0) is 9.52 Å². The fourth-order valence-electron chi connectivity index (χ4n) is 3.15. The molecular formula is C13H25NOS. The minimum absolute atomic E-state index is 0.284. The number of likely N-dealkylation sites (tertiary alicyclic amines) is 1. The smallest absolute Gasteiger partial charge is 0.0216 e. The van der Waals surface area contributed by atoms with Crippen molar-refractivity contribution in [2.24, 2.45) is 5.41 Å². The molecule has 0 radical (unpaired) electrons. The van der Waals surface area contributed by atoms with Crippen molar-refractivity contribution in [2.75, 3.05) is 24.6 Å². The van der Waals surface area contributed by atoms with Gasteiger partial charge in [-0.05, 0) is 73.9 Å². The second kappa shape index (κ2) is 3.74. The zero-order chi connectivity index (χ0) is 12.0. The average Bonchev–Trinajstić information content (AvgIpc) is 2.41. The molecule has 1 atom stereocenters. The molecule has 94 valence electrons. The normalized spacial score (nSPS) is 35.7. The molecule has 0 saturated carbocycles. The van der Waals surface area contributed by atoms with Crippen molar-refractivity contribution in [3.05, 3.63) is 0 Å². The quantitative estimate of drug-likeness (QED) is 0.606. The van der Waals surface area contributed by atoms with Gasteiger partial charge in [-0.1, -0.05) is 0 Å². The Morgan fingerprint density at radius 2 is 1.75 bits per heavy atom. The first-order valence-corrected chi connectivity index (χ1v) is 8.37. The molecule has 0 aromatic rings. The van der Waals surface area contributed by atoms with E-state index < -0.39 is 9.52 Å². The third kappa shape index (κ3) is 2.45. The van der Waals surface area contributed by atoms with E-state index in [-0.39, 0.29) is 5.54 Å². The van der Waals surface area contributed by atoms with Crippen LogP contribution < -0.4 is 0 Å². The molecule has 2 fully saturated rings. The van der Waals surface area contributed by atoms with Gasteiger partial charge in [-0.25, -0.2) is 0 Å². The highest BCUT2D eigenvalue weighted by atomic mass is 32.2. The minimum Gasteiger partial charge on any atom is -0.298 e. The van der Waals surface area contributed by atoms with Crippen LogP contribution in [0.4, 0.5) is 0 Å². The average molecular weight is 243 g/mol. The topological polar surface area (TPSA) is 20.3 Å². The monoisotopic (exact) mass is 243 g/mol. The molecule has 0 aromatic carbocycles. The summed E-state index contributed by atoms with van der Waals surface area (Å²) in [7, 11) is -1.73. The van der Waals surface area contributed by atoms with Crippen molar-refractivity contribution in [3.8, 4) is 0 Å². The zero-order valence-electron chi connectivity index (χ0n) is 10.9. The number of piperidine rings is 1. The van der Waals surface area contributed by atoms with Gasteiger partial charge in [-0.15, -0.1) is 0 Å². The molecule has 0 amide bonds.